The Balaban J connectivity index is 1.13. The number of anilines is 4. The maximum Gasteiger partial charge on any atom is 0.137 e. The fourth-order valence-electron chi connectivity index (χ4n) is 9.74. The van der Waals surface area contributed by atoms with Crippen molar-refractivity contribution in [1.29, 1.82) is 0 Å². The van der Waals surface area contributed by atoms with Gasteiger partial charge >= 0.3 is 0 Å². The van der Waals surface area contributed by atoms with Gasteiger partial charge in [0, 0.05) is 46.5 Å². The van der Waals surface area contributed by atoms with Gasteiger partial charge in [0.2, 0.25) is 0 Å². The predicted molar refractivity (Wildman–Crippen MR) is 274 cm³/mol. The van der Waals surface area contributed by atoms with Crippen molar-refractivity contribution in [2.24, 2.45) is 0 Å². The summed E-state index contributed by atoms with van der Waals surface area (Å²) in [5.41, 5.74) is 14.7. The summed E-state index contributed by atoms with van der Waals surface area (Å²) in [6.07, 6.45) is 1.83. The lowest BCUT2D eigenvalue weighted by molar-refractivity contribution is 0.483. The van der Waals surface area contributed by atoms with Crippen LogP contribution in [0.15, 0.2) is 158 Å². The van der Waals surface area contributed by atoms with Crippen LogP contribution >= 0.6 is 0 Å². The van der Waals surface area contributed by atoms with Crippen molar-refractivity contribution in [3.05, 3.63) is 192 Å². The average molecular weight is 887 g/mol. The zero-order valence-electron chi connectivity index (χ0n) is 39.5. The van der Waals surface area contributed by atoms with Crippen LogP contribution in [0.4, 0.5) is 31.5 Å². The van der Waals surface area contributed by atoms with Gasteiger partial charge in [-0.1, -0.05) is 110 Å². The molecule has 0 aliphatic carbocycles. The molecule has 5 nitrogen and oxygen atoms in total. The number of fused-ring (bicyclic) bond motifs is 4. The van der Waals surface area contributed by atoms with E-state index in [1.807, 2.05) is 24.4 Å². The Morgan fingerprint density at radius 1 is 0.478 bits per heavy atom. The lowest BCUT2D eigenvalue weighted by Crippen LogP contribution is -2.26. The van der Waals surface area contributed by atoms with E-state index >= 15 is 0 Å². The van der Waals surface area contributed by atoms with E-state index in [-0.39, 0.29) is 11.8 Å². The Bertz CT molecular complexity index is 3240. The summed E-state index contributed by atoms with van der Waals surface area (Å²) in [5.74, 6) is 2.05. The number of aromatic nitrogens is 2. The molecule has 10 rings (SSSR count). The van der Waals surface area contributed by atoms with Gasteiger partial charge in [-0.3, -0.25) is 4.57 Å². The molecule has 0 amide bonds. The van der Waals surface area contributed by atoms with E-state index in [1.54, 1.807) is 0 Å². The maximum atomic E-state index is 14.6. The molecular weight excluding hydrogens is 831 g/mol. The quantitative estimate of drug-likeness (QED) is 0.130. The van der Waals surface area contributed by atoms with E-state index in [2.05, 4.69) is 185 Å². The first kappa shape index (κ1) is 43.6. The monoisotopic (exact) mass is 886 g/mol. The van der Waals surface area contributed by atoms with E-state index in [0.717, 1.165) is 95.8 Å². The van der Waals surface area contributed by atoms with Crippen LogP contribution in [0, 0.1) is 11.6 Å². The van der Waals surface area contributed by atoms with Gasteiger partial charge in [0.15, 0.2) is 0 Å². The van der Waals surface area contributed by atoms with Crippen molar-refractivity contribution < 1.29 is 13.5 Å². The summed E-state index contributed by atoms with van der Waals surface area (Å²) in [6.45, 7) is 18.3. The first-order chi connectivity index (χ1) is 32.3. The van der Waals surface area contributed by atoms with Crippen molar-refractivity contribution in [2.75, 3.05) is 16.5 Å². The van der Waals surface area contributed by atoms with Crippen molar-refractivity contribution in [3.8, 4) is 39.6 Å². The minimum Gasteiger partial charge on any atom is -0.457 e. The van der Waals surface area contributed by atoms with Crippen LogP contribution in [-0.2, 0) is 0 Å². The van der Waals surface area contributed by atoms with Crippen molar-refractivity contribution in [3.63, 3.8) is 0 Å². The molecule has 67 heavy (non-hydrogen) atoms. The average Bonchev–Trinajstić information content (AvgIpc) is 3.86. The number of hydrogen-bond donors (Lipinski definition) is 0. The standard InChI is InChI=1S/C60H56F2N4O/c1-36(2)40-23-41(37(3)4)25-42(24-40)44-28-48(33-50(29-44)67-49-20-21-52-51-15-9-10-16-55(51)66(58(52)34-49)59-19-13-14-22-63-59)64-35-65(57-18-12-11-17-56(57)64)60-53(38(5)6)30-45(31-54(60)39(7)8)43-26-46(61)32-47(62)27-43/h9-34,36-39H,35H2,1-8H3. The molecule has 9 aromatic rings. The summed E-state index contributed by atoms with van der Waals surface area (Å²) in [6, 6.07) is 51.0. The third kappa shape index (κ3) is 8.22. The third-order valence-electron chi connectivity index (χ3n) is 13.2. The molecule has 2 aromatic heterocycles. The molecule has 0 saturated heterocycles. The molecule has 0 bridgehead atoms. The van der Waals surface area contributed by atoms with Gasteiger partial charge in [-0.05, 0) is 147 Å². The van der Waals surface area contributed by atoms with Crippen LogP contribution in [0.2, 0.25) is 0 Å². The van der Waals surface area contributed by atoms with Gasteiger partial charge < -0.3 is 14.5 Å². The van der Waals surface area contributed by atoms with Crippen LogP contribution in [0.5, 0.6) is 11.5 Å². The van der Waals surface area contributed by atoms with Gasteiger partial charge in [0.1, 0.15) is 35.6 Å². The minimum absolute atomic E-state index is 0.118. The minimum atomic E-state index is -0.587. The lowest BCUT2D eigenvalue weighted by Gasteiger charge is -2.30. The Labute approximate surface area is 392 Å². The summed E-state index contributed by atoms with van der Waals surface area (Å²) >= 11 is 0. The molecule has 0 fully saturated rings. The molecule has 3 heterocycles. The first-order valence-electron chi connectivity index (χ1n) is 23.5. The number of rotatable bonds is 11. The Morgan fingerprint density at radius 3 is 1.70 bits per heavy atom. The summed E-state index contributed by atoms with van der Waals surface area (Å²) in [5, 5.41) is 2.28. The zero-order chi connectivity index (χ0) is 46.7. The van der Waals surface area contributed by atoms with Crippen LogP contribution in [0.1, 0.15) is 101 Å². The van der Waals surface area contributed by atoms with Gasteiger partial charge in [-0.25, -0.2) is 13.8 Å². The number of halogens is 2. The molecule has 336 valence electrons. The largest absolute Gasteiger partial charge is 0.457 e. The van der Waals surface area contributed by atoms with E-state index in [9.17, 15) is 8.78 Å². The predicted octanol–water partition coefficient (Wildman–Crippen LogP) is 17.3. The maximum absolute atomic E-state index is 14.6. The highest BCUT2D eigenvalue weighted by molar-refractivity contribution is 6.09. The normalized spacial score (nSPS) is 12.7. The molecule has 0 unspecified atom stereocenters. The first-order valence-corrected chi connectivity index (χ1v) is 23.5. The second-order valence-corrected chi connectivity index (χ2v) is 19.2. The van der Waals surface area contributed by atoms with E-state index in [4.69, 9.17) is 9.72 Å². The highest BCUT2D eigenvalue weighted by Crippen LogP contribution is 2.50. The summed E-state index contributed by atoms with van der Waals surface area (Å²) < 4.78 is 38.5. The summed E-state index contributed by atoms with van der Waals surface area (Å²) in [4.78, 5) is 9.56. The third-order valence-corrected chi connectivity index (χ3v) is 13.2. The lowest BCUT2D eigenvalue weighted by atomic mass is 9.87. The van der Waals surface area contributed by atoms with E-state index in [1.165, 1.54) is 23.3 Å². The SMILES string of the molecule is CC(C)c1cc(-c2cc(Oc3ccc4c5ccccc5n(-c5ccccn5)c4c3)cc(N3CN(c4c(C(C)C)cc(-c5cc(F)cc(F)c5)cc4C(C)C)c4ccccc43)c2)cc(C(C)C)c1. The van der Waals surface area contributed by atoms with Crippen LogP contribution in [0.3, 0.4) is 0 Å². The molecule has 7 heteroatoms. The number of benzene rings is 7. The highest BCUT2D eigenvalue weighted by Gasteiger charge is 2.33. The molecule has 1 aliphatic heterocycles. The Kier molecular flexibility index (Phi) is 11.4. The fourth-order valence-corrected chi connectivity index (χ4v) is 9.74. The van der Waals surface area contributed by atoms with Crippen LogP contribution in [-0.4, -0.2) is 16.2 Å². The van der Waals surface area contributed by atoms with Gasteiger partial charge in [0.05, 0.1) is 22.4 Å². The molecule has 7 aromatic carbocycles. The van der Waals surface area contributed by atoms with Crippen LogP contribution < -0.4 is 14.5 Å². The van der Waals surface area contributed by atoms with Gasteiger partial charge in [0.25, 0.3) is 0 Å². The van der Waals surface area contributed by atoms with E-state index < -0.39 is 11.6 Å². The highest BCUT2D eigenvalue weighted by atomic mass is 19.1. The van der Waals surface area contributed by atoms with E-state index in [0.29, 0.717) is 24.1 Å². The number of nitrogens with zero attached hydrogens (tertiary/aromatic N) is 4. The fraction of sp³-hybridized carbons (Fsp3) is 0.217. The molecule has 1 aliphatic rings. The molecule has 0 radical (unpaired) electrons. The summed E-state index contributed by atoms with van der Waals surface area (Å²) in [7, 11) is 0. The van der Waals surface area contributed by atoms with Gasteiger partial charge in [-0.15, -0.1) is 0 Å². The topological polar surface area (TPSA) is 33.5 Å². The molecule has 0 saturated carbocycles. The Morgan fingerprint density at radius 2 is 1.06 bits per heavy atom. The number of hydrogen-bond acceptors (Lipinski definition) is 4. The smallest absolute Gasteiger partial charge is 0.137 e. The molecule has 0 N–H and O–H groups in total. The molecule has 0 spiro atoms. The number of pyridine rings is 1. The number of para-hydroxylation sites is 3. The van der Waals surface area contributed by atoms with Crippen molar-refractivity contribution >= 4 is 44.6 Å². The van der Waals surface area contributed by atoms with Crippen LogP contribution in [0.25, 0.3) is 49.9 Å². The molecule has 0 atom stereocenters. The number of ether oxygens (including phenoxy) is 1. The second kappa shape index (κ2) is 17.5. The molecular formula is C60H56F2N4O. The zero-order valence-corrected chi connectivity index (χ0v) is 39.5. The van der Waals surface area contributed by atoms with Crippen molar-refractivity contribution in [2.45, 2.75) is 79.1 Å². The van der Waals surface area contributed by atoms with Crippen molar-refractivity contribution in [1.82, 2.24) is 9.55 Å². The second-order valence-electron chi connectivity index (χ2n) is 19.2. The Hall–Kier alpha value is -7.25. The van der Waals surface area contributed by atoms with Gasteiger partial charge in [-0.2, -0.15) is 0 Å².